The fourth-order valence-electron chi connectivity index (χ4n) is 1.87. The van der Waals surface area contributed by atoms with Crippen LogP contribution in [0.25, 0.3) is 0 Å². The number of hydrogen-bond donors (Lipinski definition) is 1. The molecule has 0 fully saturated rings. The molecule has 4 heteroatoms. The van der Waals surface area contributed by atoms with Crippen LogP contribution < -0.4 is 4.74 Å². The Hall–Kier alpha value is -1.32. The van der Waals surface area contributed by atoms with Crippen LogP contribution in [0.15, 0.2) is 12.1 Å². The van der Waals surface area contributed by atoms with E-state index < -0.39 is 17.4 Å². The maximum atomic E-state index is 13.3. The van der Waals surface area contributed by atoms with Crippen molar-refractivity contribution in [3.8, 4) is 11.5 Å². The smallest absolute Gasteiger partial charge is 0.204 e. The third-order valence-corrected chi connectivity index (χ3v) is 3.03. The third-order valence-electron chi connectivity index (χ3n) is 3.03. The van der Waals surface area contributed by atoms with Gasteiger partial charge in [-0.3, -0.25) is 0 Å². The summed E-state index contributed by atoms with van der Waals surface area (Å²) in [5, 5.41) is 8.97. The molecule has 1 N–H and O–H groups in total. The van der Waals surface area contributed by atoms with E-state index in [0.29, 0.717) is 6.61 Å². The van der Waals surface area contributed by atoms with Crippen molar-refractivity contribution in [3.05, 3.63) is 23.8 Å². The fraction of sp³-hybridized carbons (Fsp3) is 0.600. The van der Waals surface area contributed by atoms with E-state index in [9.17, 15) is 8.78 Å². The van der Waals surface area contributed by atoms with E-state index >= 15 is 0 Å². The number of unbranched alkanes of at least 4 members (excludes halogenated alkanes) is 6. The molecule has 2 nitrogen and oxygen atoms in total. The minimum absolute atomic E-state index is 0.138. The van der Waals surface area contributed by atoms with Crippen molar-refractivity contribution in [2.45, 2.75) is 51.9 Å². The molecule has 0 saturated heterocycles. The van der Waals surface area contributed by atoms with E-state index in [1.54, 1.807) is 0 Å². The summed E-state index contributed by atoms with van der Waals surface area (Å²) in [6.45, 7) is 2.55. The second-order valence-electron chi connectivity index (χ2n) is 4.68. The molecule has 0 bridgehead atoms. The molecule has 108 valence electrons. The molecule has 0 aliphatic heterocycles. The van der Waals surface area contributed by atoms with Gasteiger partial charge in [-0.25, -0.2) is 0 Å². The van der Waals surface area contributed by atoms with Gasteiger partial charge in [0.25, 0.3) is 0 Å². The molecule has 0 spiro atoms. The Bertz CT molecular complexity index is 381. The SMILES string of the molecule is CCCCCCCCCOc1ccc(O)c(F)c1F. The highest BCUT2D eigenvalue weighted by Gasteiger charge is 2.13. The van der Waals surface area contributed by atoms with E-state index in [1.807, 2.05) is 0 Å². The molecule has 0 aliphatic rings. The summed E-state index contributed by atoms with van der Waals surface area (Å²) in [5.41, 5.74) is 0. The maximum Gasteiger partial charge on any atom is 0.204 e. The first-order valence-corrected chi connectivity index (χ1v) is 6.96. The standard InChI is InChI=1S/C15H22F2O2/c1-2-3-4-5-6-7-8-11-19-13-10-9-12(18)14(16)15(13)17/h9-10,18H,2-8,11H2,1H3. The van der Waals surface area contributed by atoms with E-state index in [2.05, 4.69) is 6.92 Å². The number of phenolic OH excluding ortho intramolecular Hbond substituents is 1. The summed E-state index contributed by atoms with van der Waals surface area (Å²) < 4.78 is 31.5. The molecular weight excluding hydrogens is 250 g/mol. The molecule has 1 aromatic carbocycles. The van der Waals surface area contributed by atoms with Crippen LogP contribution in [0.1, 0.15) is 51.9 Å². The quantitative estimate of drug-likeness (QED) is 0.654. The van der Waals surface area contributed by atoms with Gasteiger partial charge in [0.1, 0.15) is 0 Å². The number of phenols is 1. The number of benzene rings is 1. The zero-order chi connectivity index (χ0) is 14.1. The second-order valence-corrected chi connectivity index (χ2v) is 4.68. The predicted molar refractivity (Wildman–Crippen MR) is 71.5 cm³/mol. The van der Waals surface area contributed by atoms with Crippen molar-refractivity contribution in [3.63, 3.8) is 0 Å². The molecule has 0 aromatic heterocycles. The van der Waals surface area contributed by atoms with E-state index in [1.165, 1.54) is 31.7 Å². The van der Waals surface area contributed by atoms with Crippen molar-refractivity contribution >= 4 is 0 Å². The lowest BCUT2D eigenvalue weighted by atomic mass is 10.1. The Kier molecular flexibility index (Phi) is 7.23. The highest BCUT2D eigenvalue weighted by Crippen LogP contribution is 2.26. The second kappa shape index (κ2) is 8.73. The predicted octanol–water partition coefficient (Wildman–Crippen LogP) is 4.80. The number of ether oxygens (including phenoxy) is 1. The van der Waals surface area contributed by atoms with Crippen LogP contribution in [0.4, 0.5) is 8.78 Å². The molecule has 0 atom stereocenters. The molecule has 1 rings (SSSR count). The average Bonchev–Trinajstić information content (AvgIpc) is 2.41. The van der Waals surface area contributed by atoms with Crippen molar-refractivity contribution < 1.29 is 18.6 Å². The molecule has 0 amide bonds. The summed E-state index contributed by atoms with van der Waals surface area (Å²) >= 11 is 0. The first-order valence-electron chi connectivity index (χ1n) is 6.96. The van der Waals surface area contributed by atoms with Crippen molar-refractivity contribution in [1.82, 2.24) is 0 Å². The van der Waals surface area contributed by atoms with Gasteiger partial charge in [0.2, 0.25) is 11.6 Å². The highest BCUT2D eigenvalue weighted by atomic mass is 19.2. The summed E-state index contributed by atoms with van der Waals surface area (Å²) in [6, 6.07) is 2.34. The molecule has 19 heavy (non-hydrogen) atoms. The van der Waals surface area contributed by atoms with Crippen LogP contribution in [0.2, 0.25) is 0 Å². The summed E-state index contributed by atoms with van der Waals surface area (Å²) in [7, 11) is 0. The van der Waals surface area contributed by atoms with Gasteiger partial charge in [-0.05, 0) is 18.6 Å². The number of hydrogen-bond acceptors (Lipinski definition) is 2. The minimum atomic E-state index is -1.25. The molecule has 0 unspecified atom stereocenters. The zero-order valence-corrected chi connectivity index (χ0v) is 11.4. The number of halogens is 2. The lowest BCUT2D eigenvalue weighted by Gasteiger charge is -2.08. The largest absolute Gasteiger partial charge is 0.505 e. The fourth-order valence-corrected chi connectivity index (χ4v) is 1.87. The molecule has 1 aromatic rings. The van der Waals surface area contributed by atoms with Gasteiger partial charge in [-0.1, -0.05) is 45.4 Å². The van der Waals surface area contributed by atoms with Gasteiger partial charge in [0.05, 0.1) is 6.61 Å². The Morgan fingerprint density at radius 2 is 1.58 bits per heavy atom. The van der Waals surface area contributed by atoms with Gasteiger partial charge in [-0.2, -0.15) is 8.78 Å². The summed E-state index contributed by atoms with van der Waals surface area (Å²) in [4.78, 5) is 0. The normalized spacial score (nSPS) is 10.7. The Morgan fingerprint density at radius 3 is 2.26 bits per heavy atom. The summed E-state index contributed by atoms with van der Waals surface area (Å²) in [5.74, 6) is -3.21. The summed E-state index contributed by atoms with van der Waals surface area (Å²) in [6.07, 6.45) is 7.99. The Morgan fingerprint density at radius 1 is 0.947 bits per heavy atom. The van der Waals surface area contributed by atoms with E-state index in [0.717, 1.165) is 25.3 Å². The molecule has 0 aliphatic carbocycles. The first kappa shape index (κ1) is 15.7. The van der Waals surface area contributed by atoms with Gasteiger partial charge >= 0.3 is 0 Å². The van der Waals surface area contributed by atoms with Crippen molar-refractivity contribution in [2.75, 3.05) is 6.61 Å². The monoisotopic (exact) mass is 272 g/mol. The zero-order valence-electron chi connectivity index (χ0n) is 11.4. The Balaban J connectivity index is 2.18. The van der Waals surface area contributed by atoms with Gasteiger partial charge < -0.3 is 9.84 Å². The van der Waals surface area contributed by atoms with Crippen LogP contribution in [-0.2, 0) is 0 Å². The minimum Gasteiger partial charge on any atom is -0.505 e. The molecule has 0 saturated carbocycles. The topological polar surface area (TPSA) is 29.5 Å². The molecular formula is C15H22F2O2. The van der Waals surface area contributed by atoms with Crippen LogP contribution in [0, 0.1) is 11.6 Å². The number of rotatable bonds is 9. The van der Waals surface area contributed by atoms with Crippen molar-refractivity contribution in [2.24, 2.45) is 0 Å². The van der Waals surface area contributed by atoms with E-state index in [4.69, 9.17) is 9.84 Å². The first-order chi connectivity index (χ1) is 9.16. The molecule has 0 heterocycles. The Labute approximate surface area is 113 Å². The van der Waals surface area contributed by atoms with Crippen LogP contribution in [-0.4, -0.2) is 11.7 Å². The van der Waals surface area contributed by atoms with Crippen molar-refractivity contribution in [1.29, 1.82) is 0 Å². The van der Waals surface area contributed by atoms with Gasteiger partial charge in [0, 0.05) is 0 Å². The molecule has 0 radical (unpaired) electrons. The maximum absolute atomic E-state index is 13.3. The van der Waals surface area contributed by atoms with Gasteiger partial charge in [0.15, 0.2) is 11.5 Å². The lowest BCUT2D eigenvalue weighted by Crippen LogP contribution is -2.00. The van der Waals surface area contributed by atoms with Gasteiger partial charge in [-0.15, -0.1) is 0 Å². The van der Waals surface area contributed by atoms with Crippen LogP contribution in [0.5, 0.6) is 11.5 Å². The number of aromatic hydroxyl groups is 1. The lowest BCUT2D eigenvalue weighted by molar-refractivity contribution is 0.281. The average molecular weight is 272 g/mol. The van der Waals surface area contributed by atoms with Crippen LogP contribution in [0.3, 0.4) is 0 Å². The van der Waals surface area contributed by atoms with Crippen LogP contribution >= 0.6 is 0 Å². The highest BCUT2D eigenvalue weighted by molar-refractivity contribution is 5.33. The van der Waals surface area contributed by atoms with E-state index in [-0.39, 0.29) is 5.75 Å². The third kappa shape index (κ3) is 5.45.